The van der Waals surface area contributed by atoms with Crippen LogP contribution < -0.4 is 5.32 Å². The number of carbonyl (C=O) groups excluding carboxylic acids is 1. The Labute approximate surface area is 137 Å². The van der Waals surface area contributed by atoms with Crippen LogP contribution in [0, 0.1) is 6.92 Å². The number of amides is 1. The number of carbonyl (C=O) groups is 1. The summed E-state index contributed by atoms with van der Waals surface area (Å²) in [5.41, 5.74) is 0. The van der Waals surface area contributed by atoms with Crippen LogP contribution in [0.25, 0.3) is 0 Å². The van der Waals surface area contributed by atoms with Gasteiger partial charge in [0.1, 0.15) is 5.82 Å². The third kappa shape index (κ3) is 4.60. The molecule has 2 rings (SSSR count). The highest BCUT2D eigenvalue weighted by Crippen LogP contribution is 2.23. The van der Waals surface area contributed by atoms with Gasteiger partial charge in [-0.1, -0.05) is 43.5 Å². The predicted molar refractivity (Wildman–Crippen MR) is 89.9 cm³/mol. The van der Waals surface area contributed by atoms with Gasteiger partial charge in [-0.2, -0.15) is 0 Å². The van der Waals surface area contributed by atoms with Crippen molar-refractivity contribution in [1.29, 1.82) is 0 Å². The summed E-state index contributed by atoms with van der Waals surface area (Å²) in [5, 5.41) is 12.1. The molecule has 0 aliphatic heterocycles. The molecule has 1 aliphatic carbocycles. The fraction of sp³-hybridized carbons (Fsp3) is 0.688. The van der Waals surface area contributed by atoms with Crippen molar-refractivity contribution in [2.75, 3.05) is 0 Å². The van der Waals surface area contributed by atoms with Gasteiger partial charge in [-0.05, 0) is 26.7 Å². The molecule has 0 saturated heterocycles. The number of aromatic nitrogens is 3. The Bertz CT molecular complexity index is 506. The smallest absolute Gasteiger partial charge is 0.233 e. The van der Waals surface area contributed by atoms with Crippen LogP contribution in [-0.4, -0.2) is 32.0 Å². The molecule has 0 unspecified atom stereocenters. The molecule has 5 nitrogen and oxygen atoms in total. The molecule has 22 heavy (non-hydrogen) atoms. The van der Waals surface area contributed by atoms with E-state index in [1.165, 1.54) is 37.4 Å². The molecular weight excluding hydrogens is 296 g/mol. The summed E-state index contributed by atoms with van der Waals surface area (Å²) in [7, 11) is 0. The Morgan fingerprint density at radius 1 is 1.41 bits per heavy atom. The second-order valence-corrected chi connectivity index (χ2v) is 7.19. The summed E-state index contributed by atoms with van der Waals surface area (Å²) < 4.78 is 1.98. The van der Waals surface area contributed by atoms with Gasteiger partial charge in [0.15, 0.2) is 5.16 Å². The summed E-state index contributed by atoms with van der Waals surface area (Å²) in [6, 6.07) is 0.339. The van der Waals surface area contributed by atoms with Gasteiger partial charge >= 0.3 is 0 Å². The maximum absolute atomic E-state index is 12.4. The molecule has 0 aromatic carbocycles. The normalized spacial score (nSPS) is 17.7. The summed E-state index contributed by atoms with van der Waals surface area (Å²) in [6.07, 6.45) is 9.06. The van der Waals surface area contributed by atoms with Crippen LogP contribution >= 0.6 is 11.8 Å². The van der Waals surface area contributed by atoms with Crippen molar-refractivity contribution < 1.29 is 4.79 Å². The van der Waals surface area contributed by atoms with Crippen LogP contribution in [0.3, 0.4) is 0 Å². The molecule has 0 bridgehead atoms. The SMILES string of the molecule is C=CCn1c(C)nnc1S[C@@H](C)C(=O)NC1CCCCCC1. The average Bonchev–Trinajstić information content (AvgIpc) is 2.70. The van der Waals surface area contributed by atoms with Gasteiger partial charge in [-0.25, -0.2) is 0 Å². The fourth-order valence-electron chi connectivity index (χ4n) is 2.74. The maximum atomic E-state index is 12.4. The van der Waals surface area contributed by atoms with Crippen molar-refractivity contribution >= 4 is 17.7 Å². The third-order valence-electron chi connectivity index (χ3n) is 4.07. The molecule has 1 fully saturated rings. The second kappa shape index (κ2) is 8.36. The summed E-state index contributed by atoms with van der Waals surface area (Å²) in [4.78, 5) is 12.4. The first kappa shape index (κ1) is 17.1. The number of nitrogens with zero attached hydrogens (tertiary/aromatic N) is 3. The number of hydrogen-bond donors (Lipinski definition) is 1. The van der Waals surface area contributed by atoms with E-state index in [2.05, 4.69) is 22.1 Å². The number of nitrogens with one attached hydrogen (secondary N) is 1. The zero-order chi connectivity index (χ0) is 15.9. The van der Waals surface area contributed by atoms with Gasteiger partial charge in [0.05, 0.1) is 5.25 Å². The van der Waals surface area contributed by atoms with Gasteiger partial charge in [0, 0.05) is 12.6 Å². The standard InChI is InChI=1S/C16H26N4OS/c1-4-11-20-13(3)18-19-16(20)22-12(2)15(21)17-14-9-7-5-6-8-10-14/h4,12,14H,1,5-11H2,2-3H3,(H,17,21)/t12-/m0/s1. The third-order valence-corrected chi connectivity index (χ3v) is 5.15. The van der Waals surface area contributed by atoms with Crippen molar-refractivity contribution in [1.82, 2.24) is 20.1 Å². The molecule has 1 saturated carbocycles. The van der Waals surface area contributed by atoms with E-state index in [1.54, 1.807) is 0 Å². The van der Waals surface area contributed by atoms with Crippen molar-refractivity contribution in [3.8, 4) is 0 Å². The lowest BCUT2D eigenvalue weighted by atomic mass is 10.1. The molecule has 0 radical (unpaired) electrons. The monoisotopic (exact) mass is 322 g/mol. The first-order chi connectivity index (χ1) is 10.6. The van der Waals surface area contributed by atoms with Crippen LogP contribution in [0.15, 0.2) is 17.8 Å². The quantitative estimate of drug-likeness (QED) is 0.497. The van der Waals surface area contributed by atoms with Gasteiger partial charge in [-0.3, -0.25) is 4.79 Å². The number of hydrogen-bond acceptors (Lipinski definition) is 4. The van der Waals surface area contributed by atoms with Crippen LogP contribution in [0.1, 0.15) is 51.3 Å². The summed E-state index contributed by atoms with van der Waals surface area (Å²) >= 11 is 1.46. The van der Waals surface area contributed by atoms with E-state index in [0.29, 0.717) is 12.6 Å². The summed E-state index contributed by atoms with van der Waals surface area (Å²) in [5.74, 6) is 0.946. The molecule has 1 amide bonds. The van der Waals surface area contributed by atoms with E-state index in [0.717, 1.165) is 23.8 Å². The van der Waals surface area contributed by atoms with Crippen molar-refractivity contribution in [3.05, 3.63) is 18.5 Å². The average molecular weight is 322 g/mol. The minimum Gasteiger partial charge on any atom is -0.352 e. The lowest BCUT2D eigenvalue weighted by molar-refractivity contribution is -0.121. The van der Waals surface area contributed by atoms with Gasteiger partial charge < -0.3 is 9.88 Å². The second-order valence-electron chi connectivity index (χ2n) is 5.89. The molecule has 1 aromatic rings. The van der Waals surface area contributed by atoms with Gasteiger partial charge in [0.25, 0.3) is 0 Å². The molecule has 6 heteroatoms. The van der Waals surface area contributed by atoms with E-state index >= 15 is 0 Å². The van der Waals surface area contributed by atoms with E-state index in [4.69, 9.17) is 0 Å². The van der Waals surface area contributed by atoms with E-state index in [-0.39, 0.29) is 11.2 Å². The van der Waals surface area contributed by atoms with Crippen molar-refractivity contribution in [2.24, 2.45) is 0 Å². The van der Waals surface area contributed by atoms with Crippen molar-refractivity contribution in [3.63, 3.8) is 0 Å². The molecule has 122 valence electrons. The Hall–Kier alpha value is -1.30. The van der Waals surface area contributed by atoms with Gasteiger partial charge in [0.2, 0.25) is 5.91 Å². The highest BCUT2D eigenvalue weighted by atomic mass is 32.2. The lowest BCUT2D eigenvalue weighted by Gasteiger charge is -2.19. The number of aryl methyl sites for hydroxylation is 1. The van der Waals surface area contributed by atoms with Gasteiger partial charge in [-0.15, -0.1) is 16.8 Å². The molecule has 1 aromatic heterocycles. The van der Waals surface area contributed by atoms with Crippen LogP contribution in [-0.2, 0) is 11.3 Å². The molecule has 1 atom stereocenters. The lowest BCUT2D eigenvalue weighted by Crippen LogP contribution is -2.39. The molecule has 1 heterocycles. The minimum absolute atomic E-state index is 0.0997. The Morgan fingerprint density at radius 2 is 2.09 bits per heavy atom. The first-order valence-electron chi connectivity index (χ1n) is 8.09. The highest BCUT2D eigenvalue weighted by molar-refractivity contribution is 8.00. The Kier molecular flexibility index (Phi) is 6.49. The maximum Gasteiger partial charge on any atom is 0.233 e. The zero-order valence-corrected chi connectivity index (χ0v) is 14.4. The molecular formula is C16H26N4OS. The molecule has 1 N–H and O–H groups in total. The van der Waals surface area contributed by atoms with E-state index in [1.807, 2.05) is 24.5 Å². The topological polar surface area (TPSA) is 59.8 Å². The first-order valence-corrected chi connectivity index (χ1v) is 8.97. The van der Waals surface area contributed by atoms with Crippen LogP contribution in [0.5, 0.6) is 0 Å². The summed E-state index contributed by atoms with van der Waals surface area (Å²) in [6.45, 7) is 8.26. The Balaban J connectivity index is 1.91. The number of thioether (sulfide) groups is 1. The fourth-order valence-corrected chi connectivity index (χ4v) is 3.66. The highest BCUT2D eigenvalue weighted by Gasteiger charge is 2.22. The van der Waals surface area contributed by atoms with E-state index in [9.17, 15) is 4.79 Å². The van der Waals surface area contributed by atoms with E-state index < -0.39 is 0 Å². The minimum atomic E-state index is -0.171. The Morgan fingerprint density at radius 3 is 2.73 bits per heavy atom. The number of rotatable bonds is 6. The number of allylic oxidation sites excluding steroid dienone is 1. The van der Waals surface area contributed by atoms with Crippen LogP contribution in [0.4, 0.5) is 0 Å². The molecule has 1 aliphatic rings. The largest absolute Gasteiger partial charge is 0.352 e. The molecule has 0 spiro atoms. The zero-order valence-electron chi connectivity index (χ0n) is 13.5. The van der Waals surface area contributed by atoms with Crippen molar-refractivity contribution in [2.45, 2.75) is 75.4 Å². The predicted octanol–water partition coefficient (Wildman–Crippen LogP) is 3.09. The van der Waals surface area contributed by atoms with Crippen LogP contribution in [0.2, 0.25) is 0 Å².